The van der Waals surface area contributed by atoms with Gasteiger partial charge in [-0.05, 0) is 31.9 Å². The smallest absolute Gasteiger partial charge is 0.226 e. The third kappa shape index (κ3) is 7.76. The molecule has 0 bridgehead atoms. The lowest BCUT2D eigenvalue weighted by molar-refractivity contribution is 0.00752. The van der Waals surface area contributed by atoms with Crippen LogP contribution in [0.15, 0.2) is 39.9 Å². The van der Waals surface area contributed by atoms with Crippen LogP contribution in [-0.2, 0) is 11.3 Å². The molecule has 172 valence electrons. The zero-order chi connectivity index (χ0) is 21.3. The van der Waals surface area contributed by atoms with E-state index in [9.17, 15) is 0 Å². The monoisotopic (exact) mass is 541 g/mol. The first-order valence-electron chi connectivity index (χ1n) is 10.9. The van der Waals surface area contributed by atoms with Gasteiger partial charge >= 0.3 is 0 Å². The molecule has 0 saturated carbocycles. The molecule has 1 aromatic carbocycles. The molecular weight excluding hydrogens is 505 g/mol. The van der Waals surface area contributed by atoms with Crippen LogP contribution in [-0.4, -0.2) is 61.3 Å². The molecule has 0 aliphatic carbocycles. The lowest BCUT2D eigenvalue weighted by Gasteiger charge is -2.37. The largest absolute Gasteiger partial charge is 0.444 e. The summed E-state index contributed by atoms with van der Waals surface area (Å²) in [5.41, 5.74) is 3.01. The molecule has 2 heterocycles. The van der Waals surface area contributed by atoms with E-state index in [4.69, 9.17) is 14.1 Å². The summed E-state index contributed by atoms with van der Waals surface area (Å²) < 4.78 is 11.2. The highest BCUT2D eigenvalue weighted by molar-refractivity contribution is 14.0. The predicted octanol–water partition coefficient (Wildman–Crippen LogP) is 3.68. The SMILES string of the molecule is CCNC(=NCc1coc(-c2ccc(C)cc2)n1)NCC(C(C)C)N1CCOCC1.I. The number of nitrogens with one attached hydrogen (secondary N) is 2. The highest BCUT2D eigenvalue weighted by atomic mass is 127. The number of ether oxygens (including phenoxy) is 1. The first kappa shape index (κ1) is 25.6. The maximum Gasteiger partial charge on any atom is 0.226 e. The Balaban J connectivity index is 0.00000341. The van der Waals surface area contributed by atoms with E-state index in [0.29, 0.717) is 24.4 Å². The van der Waals surface area contributed by atoms with Gasteiger partial charge in [-0.2, -0.15) is 0 Å². The van der Waals surface area contributed by atoms with Crippen LogP contribution in [0.2, 0.25) is 0 Å². The zero-order valence-electron chi connectivity index (χ0n) is 19.1. The van der Waals surface area contributed by atoms with Crippen LogP contribution >= 0.6 is 24.0 Å². The molecule has 0 amide bonds. The van der Waals surface area contributed by atoms with Gasteiger partial charge in [0.05, 0.1) is 19.8 Å². The molecular formula is C23H36IN5O2. The Morgan fingerprint density at radius 1 is 1.16 bits per heavy atom. The van der Waals surface area contributed by atoms with Gasteiger partial charge in [-0.3, -0.25) is 4.90 Å². The topological polar surface area (TPSA) is 74.9 Å². The molecule has 0 radical (unpaired) electrons. The fraction of sp³-hybridized carbons (Fsp3) is 0.565. The van der Waals surface area contributed by atoms with Crippen LogP contribution in [0.1, 0.15) is 32.0 Å². The average molecular weight is 541 g/mol. The lowest BCUT2D eigenvalue weighted by atomic mass is 10.0. The van der Waals surface area contributed by atoms with Gasteiger partial charge in [0.15, 0.2) is 5.96 Å². The van der Waals surface area contributed by atoms with Gasteiger partial charge in [0, 0.05) is 37.8 Å². The van der Waals surface area contributed by atoms with E-state index in [0.717, 1.165) is 56.6 Å². The van der Waals surface area contributed by atoms with Gasteiger partial charge in [0.25, 0.3) is 0 Å². The summed E-state index contributed by atoms with van der Waals surface area (Å²) in [5.74, 6) is 1.98. The van der Waals surface area contributed by atoms with Crippen LogP contribution < -0.4 is 10.6 Å². The Bertz CT molecular complexity index is 801. The van der Waals surface area contributed by atoms with Gasteiger partial charge in [0.1, 0.15) is 12.0 Å². The molecule has 1 unspecified atom stereocenters. The summed E-state index contributed by atoms with van der Waals surface area (Å²) in [5, 5.41) is 6.84. The number of aryl methyl sites for hydroxylation is 1. The second-order valence-electron chi connectivity index (χ2n) is 8.05. The third-order valence-electron chi connectivity index (χ3n) is 5.36. The maximum atomic E-state index is 5.65. The van der Waals surface area contributed by atoms with Crippen molar-refractivity contribution in [1.29, 1.82) is 0 Å². The summed E-state index contributed by atoms with van der Waals surface area (Å²) >= 11 is 0. The van der Waals surface area contributed by atoms with Crippen molar-refractivity contribution in [1.82, 2.24) is 20.5 Å². The van der Waals surface area contributed by atoms with E-state index in [1.165, 1.54) is 5.56 Å². The Morgan fingerprint density at radius 3 is 2.52 bits per heavy atom. The van der Waals surface area contributed by atoms with Crippen molar-refractivity contribution in [2.24, 2.45) is 10.9 Å². The van der Waals surface area contributed by atoms with Crippen molar-refractivity contribution in [3.63, 3.8) is 0 Å². The van der Waals surface area contributed by atoms with Gasteiger partial charge in [-0.15, -0.1) is 24.0 Å². The molecule has 1 fully saturated rings. The van der Waals surface area contributed by atoms with Crippen molar-refractivity contribution in [2.45, 2.75) is 40.3 Å². The molecule has 1 atom stereocenters. The fourth-order valence-electron chi connectivity index (χ4n) is 3.61. The number of aromatic nitrogens is 1. The molecule has 1 aromatic heterocycles. The van der Waals surface area contributed by atoms with Crippen molar-refractivity contribution < 1.29 is 9.15 Å². The molecule has 8 heteroatoms. The molecule has 1 aliphatic heterocycles. The number of oxazole rings is 1. The van der Waals surface area contributed by atoms with Crippen molar-refractivity contribution in [3.05, 3.63) is 41.8 Å². The Kier molecular flexibility index (Phi) is 10.8. The molecule has 2 N–H and O–H groups in total. The highest BCUT2D eigenvalue weighted by Crippen LogP contribution is 2.19. The third-order valence-corrected chi connectivity index (χ3v) is 5.36. The van der Waals surface area contributed by atoms with Crippen LogP contribution in [0.5, 0.6) is 0 Å². The van der Waals surface area contributed by atoms with Gasteiger partial charge in [-0.25, -0.2) is 9.98 Å². The zero-order valence-corrected chi connectivity index (χ0v) is 21.4. The summed E-state index contributed by atoms with van der Waals surface area (Å²) in [6.07, 6.45) is 1.69. The number of guanidine groups is 1. The highest BCUT2D eigenvalue weighted by Gasteiger charge is 2.23. The van der Waals surface area contributed by atoms with Crippen molar-refractivity contribution in [3.8, 4) is 11.5 Å². The summed E-state index contributed by atoms with van der Waals surface area (Å²) in [6, 6.07) is 8.61. The Morgan fingerprint density at radius 2 is 1.87 bits per heavy atom. The minimum absolute atomic E-state index is 0. The number of aliphatic imine (C=N–C) groups is 1. The number of rotatable bonds is 8. The molecule has 1 aliphatic rings. The molecule has 3 rings (SSSR count). The molecule has 0 spiro atoms. The van der Waals surface area contributed by atoms with E-state index in [2.05, 4.69) is 60.3 Å². The van der Waals surface area contributed by atoms with E-state index in [1.807, 2.05) is 12.1 Å². The summed E-state index contributed by atoms with van der Waals surface area (Å²) in [7, 11) is 0. The second-order valence-corrected chi connectivity index (χ2v) is 8.05. The second kappa shape index (κ2) is 13.0. The Hall–Kier alpha value is -1.65. The number of hydrogen-bond donors (Lipinski definition) is 2. The number of benzene rings is 1. The minimum Gasteiger partial charge on any atom is -0.444 e. The number of nitrogens with zero attached hydrogens (tertiary/aromatic N) is 3. The Labute approximate surface area is 203 Å². The fourth-order valence-corrected chi connectivity index (χ4v) is 3.61. The summed E-state index contributed by atoms with van der Waals surface area (Å²) in [4.78, 5) is 11.8. The molecule has 1 saturated heterocycles. The first-order valence-corrected chi connectivity index (χ1v) is 10.9. The van der Waals surface area contributed by atoms with E-state index in [1.54, 1.807) is 6.26 Å². The lowest BCUT2D eigenvalue weighted by Crippen LogP contribution is -2.52. The molecule has 31 heavy (non-hydrogen) atoms. The van der Waals surface area contributed by atoms with Crippen LogP contribution in [0.3, 0.4) is 0 Å². The standard InChI is InChI=1S/C23H35N5O2.HI/c1-5-24-23(26-15-21(17(2)3)28-10-12-29-13-11-28)25-14-20-16-30-22(27-20)19-8-6-18(4)7-9-19;/h6-9,16-17,21H,5,10-15H2,1-4H3,(H2,24,25,26);1H. The van der Waals surface area contributed by atoms with E-state index in [-0.39, 0.29) is 24.0 Å². The number of halogens is 1. The van der Waals surface area contributed by atoms with E-state index < -0.39 is 0 Å². The minimum atomic E-state index is 0. The van der Waals surface area contributed by atoms with Gasteiger partial charge in [-0.1, -0.05) is 31.5 Å². The summed E-state index contributed by atoms with van der Waals surface area (Å²) in [6.45, 7) is 14.4. The van der Waals surface area contributed by atoms with Crippen molar-refractivity contribution >= 4 is 29.9 Å². The average Bonchev–Trinajstić information content (AvgIpc) is 3.22. The number of morpholine rings is 1. The van der Waals surface area contributed by atoms with Gasteiger partial charge in [0.2, 0.25) is 5.89 Å². The van der Waals surface area contributed by atoms with Crippen molar-refractivity contribution in [2.75, 3.05) is 39.4 Å². The van der Waals surface area contributed by atoms with Crippen LogP contribution in [0.4, 0.5) is 0 Å². The van der Waals surface area contributed by atoms with Crippen LogP contribution in [0, 0.1) is 12.8 Å². The normalized spacial score (nSPS) is 16.1. The first-order chi connectivity index (χ1) is 14.6. The quantitative estimate of drug-likeness (QED) is 0.302. The predicted molar refractivity (Wildman–Crippen MR) is 136 cm³/mol. The molecule has 7 nitrogen and oxygen atoms in total. The van der Waals surface area contributed by atoms with Crippen LogP contribution in [0.25, 0.3) is 11.5 Å². The number of hydrogen-bond acceptors (Lipinski definition) is 5. The van der Waals surface area contributed by atoms with Gasteiger partial charge < -0.3 is 19.8 Å². The maximum absolute atomic E-state index is 5.65. The van der Waals surface area contributed by atoms with E-state index >= 15 is 0 Å². The molecule has 2 aromatic rings.